The van der Waals surface area contributed by atoms with E-state index in [1.807, 2.05) is 36.4 Å². The number of aromatic amines is 1. The number of halogens is 1. The van der Waals surface area contributed by atoms with Gasteiger partial charge in [-0.3, -0.25) is 4.79 Å². The van der Waals surface area contributed by atoms with E-state index in [9.17, 15) is 4.79 Å². The summed E-state index contributed by atoms with van der Waals surface area (Å²) in [5.74, 6) is 0.233. The number of para-hydroxylation sites is 2. The van der Waals surface area contributed by atoms with E-state index in [1.54, 1.807) is 6.07 Å². The summed E-state index contributed by atoms with van der Waals surface area (Å²) in [6, 6.07) is 15.4. The van der Waals surface area contributed by atoms with E-state index >= 15 is 0 Å². The highest BCUT2D eigenvalue weighted by Crippen LogP contribution is 2.28. The van der Waals surface area contributed by atoms with Gasteiger partial charge in [0.25, 0.3) is 5.91 Å². The third-order valence-corrected chi connectivity index (χ3v) is 4.52. The largest absolute Gasteiger partial charge is 0.349 e. The van der Waals surface area contributed by atoms with Gasteiger partial charge in [0.05, 0.1) is 10.5 Å². The van der Waals surface area contributed by atoms with E-state index < -0.39 is 0 Å². The number of aromatic nitrogens is 1. The first kappa shape index (κ1) is 15.6. The molecule has 23 heavy (non-hydrogen) atoms. The van der Waals surface area contributed by atoms with Crippen molar-refractivity contribution in [2.24, 2.45) is 0 Å². The Morgan fingerprint density at radius 1 is 1.22 bits per heavy atom. The average Bonchev–Trinajstić information content (AvgIpc) is 3.00. The Bertz CT molecular complexity index is 853. The maximum atomic E-state index is 12.6. The highest BCUT2D eigenvalue weighted by molar-refractivity contribution is 6.35. The lowest BCUT2D eigenvalue weighted by atomic mass is 9.97. The van der Waals surface area contributed by atoms with Gasteiger partial charge < -0.3 is 10.3 Å². The van der Waals surface area contributed by atoms with Crippen LogP contribution < -0.4 is 5.32 Å². The molecule has 3 aromatic rings. The fourth-order valence-electron chi connectivity index (χ4n) is 2.69. The molecule has 0 aliphatic carbocycles. The number of hydrogen-bond acceptors (Lipinski definition) is 1. The molecule has 1 heterocycles. The van der Waals surface area contributed by atoms with E-state index in [1.165, 1.54) is 0 Å². The van der Waals surface area contributed by atoms with Gasteiger partial charge in [-0.05, 0) is 36.1 Å². The molecule has 0 fully saturated rings. The Morgan fingerprint density at radius 3 is 2.74 bits per heavy atom. The van der Waals surface area contributed by atoms with Crippen molar-refractivity contribution in [2.45, 2.75) is 26.2 Å². The number of fused-ring (bicyclic) bond motifs is 1. The van der Waals surface area contributed by atoms with Gasteiger partial charge in [-0.15, -0.1) is 0 Å². The minimum absolute atomic E-state index is 0.159. The number of amides is 1. The van der Waals surface area contributed by atoms with Gasteiger partial charge in [0.15, 0.2) is 0 Å². The third-order valence-electron chi connectivity index (χ3n) is 4.20. The lowest BCUT2D eigenvalue weighted by molar-refractivity contribution is 0.102. The second kappa shape index (κ2) is 6.47. The first-order valence-corrected chi connectivity index (χ1v) is 8.15. The van der Waals surface area contributed by atoms with Gasteiger partial charge in [-0.25, -0.2) is 0 Å². The molecule has 1 aromatic heterocycles. The average molecular weight is 327 g/mol. The van der Waals surface area contributed by atoms with Crippen LogP contribution in [0.5, 0.6) is 0 Å². The van der Waals surface area contributed by atoms with E-state index in [0.717, 1.165) is 28.6 Å². The Balaban J connectivity index is 1.91. The quantitative estimate of drug-likeness (QED) is 0.645. The Labute approximate surface area is 140 Å². The van der Waals surface area contributed by atoms with Crippen LogP contribution in [-0.2, 0) is 0 Å². The minimum atomic E-state index is -0.159. The van der Waals surface area contributed by atoms with Gasteiger partial charge in [-0.2, -0.15) is 0 Å². The zero-order valence-corrected chi connectivity index (χ0v) is 13.9. The van der Waals surface area contributed by atoms with Crippen LogP contribution >= 0.6 is 11.6 Å². The number of hydrogen-bond donors (Lipinski definition) is 2. The molecule has 1 unspecified atom stereocenters. The molecule has 3 rings (SSSR count). The fraction of sp³-hybridized carbons (Fsp3) is 0.211. The molecule has 118 valence electrons. The molecule has 0 aliphatic rings. The van der Waals surface area contributed by atoms with Crippen LogP contribution in [0.25, 0.3) is 10.9 Å². The van der Waals surface area contributed by atoms with Crippen molar-refractivity contribution in [3.8, 4) is 0 Å². The zero-order chi connectivity index (χ0) is 16.4. The molecule has 4 heteroatoms. The maximum absolute atomic E-state index is 12.6. The Morgan fingerprint density at radius 2 is 2.00 bits per heavy atom. The molecule has 1 amide bonds. The van der Waals surface area contributed by atoms with Crippen LogP contribution in [0.3, 0.4) is 0 Å². The number of rotatable bonds is 4. The van der Waals surface area contributed by atoms with Crippen molar-refractivity contribution in [3.63, 3.8) is 0 Å². The molecule has 1 atom stereocenters. The van der Waals surface area contributed by atoms with Crippen molar-refractivity contribution < 1.29 is 4.79 Å². The monoisotopic (exact) mass is 326 g/mol. The molecule has 0 radical (unpaired) electrons. The normalized spacial score (nSPS) is 12.3. The number of H-pyrrole nitrogens is 1. The molecule has 2 N–H and O–H groups in total. The molecule has 3 nitrogen and oxygen atoms in total. The zero-order valence-electron chi connectivity index (χ0n) is 13.2. The summed E-state index contributed by atoms with van der Waals surface area (Å²) in [4.78, 5) is 15.7. The third kappa shape index (κ3) is 3.10. The van der Waals surface area contributed by atoms with Crippen molar-refractivity contribution in [3.05, 3.63) is 64.8 Å². The van der Waals surface area contributed by atoms with Crippen LogP contribution in [-0.4, -0.2) is 10.9 Å². The van der Waals surface area contributed by atoms with Gasteiger partial charge in [0.2, 0.25) is 0 Å². The minimum Gasteiger partial charge on any atom is -0.349 e. The predicted molar refractivity (Wildman–Crippen MR) is 96.4 cm³/mol. The lowest BCUT2D eigenvalue weighted by Crippen LogP contribution is -2.14. The lowest BCUT2D eigenvalue weighted by Gasteiger charge is -2.15. The van der Waals surface area contributed by atoms with Crippen LogP contribution in [0.4, 0.5) is 5.69 Å². The van der Waals surface area contributed by atoms with Crippen LogP contribution in [0, 0.1) is 0 Å². The van der Waals surface area contributed by atoms with Crippen molar-refractivity contribution in [1.82, 2.24) is 4.98 Å². The van der Waals surface area contributed by atoms with Gasteiger partial charge >= 0.3 is 0 Å². The number of benzene rings is 2. The summed E-state index contributed by atoms with van der Waals surface area (Å²) < 4.78 is 0. The summed E-state index contributed by atoms with van der Waals surface area (Å²) in [7, 11) is 0. The van der Waals surface area contributed by atoms with E-state index in [0.29, 0.717) is 16.6 Å². The van der Waals surface area contributed by atoms with Crippen molar-refractivity contribution in [2.75, 3.05) is 5.32 Å². The van der Waals surface area contributed by atoms with E-state index in [4.69, 9.17) is 11.6 Å². The smallest absolute Gasteiger partial charge is 0.272 e. The van der Waals surface area contributed by atoms with Crippen LogP contribution in [0.2, 0.25) is 5.02 Å². The summed E-state index contributed by atoms with van der Waals surface area (Å²) >= 11 is 6.16. The summed E-state index contributed by atoms with van der Waals surface area (Å²) in [6.45, 7) is 4.30. The predicted octanol–water partition coefficient (Wildman–Crippen LogP) is 5.59. The maximum Gasteiger partial charge on any atom is 0.272 e. The van der Waals surface area contributed by atoms with Gasteiger partial charge in [0.1, 0.15) is 5.69 Å². The molecule has 0 saturated carbocycles. The Hall–Kier alpha value is -2.26. The van der Waals surface area contributed by atoms with Crippen LogP contribution in [0.15, 0.2) is 48.5 Å². The van der Waals surface area contributed by atoms with Crippen LogP contribution in [0.1, 0.15) is 42.2 Å². The number of nitrogens with one attached hydrogen (secondary N) is 2. The van der Waals surface area contributed by atoms with Gasteiger partial charge in [-0.1, -0.05) is 55.8 Å². The van der Waals surface area contributed by atoms with E-state index in [2.05, 4.69) is 30.2 Å². The highest BCUT2D eigenvalue weighted by Gasteiger charge is 2.14. The van der Waals surface area contributed by atoms with Crippen molar-refractivity contribution >= 4 is 34.1 Å². The first-order valence-electron chi connectivity index (χ1n) is 7.77. The van der Waals surface area contributed by atoms with Gasteiger partial charge in [0, 0.05) is 11.1 Å². The summed E-state index contributed by atoms with van der Waals surface area (Å²) in [5, 5.41) is 4.55. The molecule has 0 bridgehead atoms. The molecule has 0 spiro atoms. The number of anilines is 1. The molecular formula is C19H19ClN2O. The Kier molecular flexibility index (Phi) is 4.39. The van der Waals surface area contributed by atoms with Crippen molar-refractivity contribution in [1.29, 1.82) is 0 Å². The summed E-state index contributed by atoms with van der Waals surface area (Å²) in [6.07, 6.45) is 1.02. The molecule has 2 aromatic carbocycles. The number of carbonyl (C=O) groups is 1. The second-order valence-corrected chi connectivity index (χ2v) is 6.14. The molecular weight excluding hydrogens is 308 g/mol. The first-order chi connectivity index (χ1) is 11.1. The van der Waals surface area contributed by atoms with E-state index in [-0.39, 0.29) is 5.91 Å². The topological polar surface area (TPSA) is 44.9 Å². The second-order valence-electron chi connectivity index (χ2n) is 5.74. The number of carbonyl (C=O) groups excluding carboxylic acids is 1. The highest BCUT2D eigenvalue weighted by atomic mass is 35.5. The summed E-state index contributed by atoms with van der Waals surface area (Å²) in [5.41, 5.74) is 3.30. The molecule has 0 saturated heterocycles. The SMILES string of the molecule is CCC(C)c1ccccc1NC(=O)c1cc2cccc(Cl)c2[nH]1. The standard InChI is InChI=1S/C19H19ClN2O/c1-3-12(2)14-8-4-5-10-16(14)22-19(23)17-11-13-7-6-9-15(20)18(13)21-17/h4-12,21H,3H2,1-2H3,(H,22,23). The molecule has 0 aliphatic heterocycles. The fourth-order valence-corrected chi connectivity index (χ4v) is 2.92.